The lowest BCUT2D eigenvalue weighted by Crippen LogP contribution is -2.22. The molecule has 16 heavy (non-hydrogen) atoms. The molecule has 0 spiro atoms. The molecule has 0 aromatic carbocycles. The van der Waals surface area contributed by atoms with Gasteiger partial charge in [-0.3, -0.25) is 4.79 Å². The zero-order chi connectivity index (χ0) is 12.4. The van der Waals surface area contributed by atoms with E-state index < -0.39 is 18.1 Å². The number of ether oxygens (including phenoxy) is 1. The fourth-order valence-electron chi connectivity index (χ4n) is 1.25. The number of rotatable bonds is 8. The van der Waals surface area contributed by atoms with Crippen molar-refractivity contribution in [3.8, 4) is 0 Å². The van der Waals surface area contributed by atoms with Gasteiger partial charge in [-0.1, -0.05) is 39.5 Å². The summed E-state index contributed by atoms with van der Waals surface area (Å²) in [5.41, 5.74) is 0. The summed E-state index contributed by atoms with van der Waals surface area (Å²) in [6.07, 6.45) is 2.71. The topological polar surface area (TPSA) is 43.4 Å². The monoisotopic (exact) mass is 232 g/mol. The van der Waals surface area contributed by atoms with Gasteiger partial charge in [0.05, 0.1) is 0 Å². The van der Waals surface area contributed by atoms with Crippen LogP contribution >= 0.6 is 0 Å². The number of alkyl halides is 1. The molecule has 0 aliphatic carbocycles. The minimum Gasteiger partial charge on any atom is -0.391 e. The van der Waals surface area contributed by atoms with Crippen LogP contribution in [0.1, 0.15) is 58.8 Å². The van der Waals surface area contributed by atoms with E-state index in [1.807, 2.05) is 13.8 Å². The Morgan fingerprint density at radius 3 is 2.31 bits per heavy atom. The third-order valence-electron chi connectivity index (χ3n) is 2.27. The molecular weight excluding hydrogens is 211 g/mol. The van der Waals surface area contributed by atoms with Gasteiger partial charge >= 0.3 is 11.9 Å². The van der Waals surface area contributed by atoms with Gasteiger partial charge in [-0.05, 0) is 12.8 Å². The van der Waals surface area contributed by atoms with E-state index in [2.05, 4.69) is 4.74 Å². The van der Waals surface area contributed by atoms with Gasteiger partial charge in [0.25, 0.3) is 0 Å². The first kappa shape index (κ1) is 15.1. The average molecular weight is 232 g/mol. The Bertz CT molecular complexity index is 216. The van der Waals surface area contributed by atoms with Crippen molar-refractivity contribution in [2.45, 2.75) is 65.0 Å². The lowest BCUT2D eigenvalue weighted by atomic mass is 10.2. The Morgan fingerprint density at radius 1 is 1.12 bits per heavy atom. The standard InChI is InChI=1S/C12H21FO3/c1-3-5-7-9-11(14)16-12(15)10(13)8-6-4-2/h10H,3-9H2,1-2H3. The van der Waals surface area contributed by atoms with E-state index in [0.29, 0.717) is 12.8 Å². The highest BCUT2D eigenvalue weighted by Crippen LogP contribution is 2.08. The number of unbranched alkanes of at least 4 members (excludes halogenated alkanes) is 3. The van der Waals surface area contributed by atoms with Crippen molar-refractivity contribution in [1.29, 1.82) is 0 Å². The number of carbonyl (C=O) groups excluding carboxylic acids is 2. The summed E-state index contributed by atoms with van der Waals surface area (Å²) in [4.78, 5) is 22.2. The van der Waals surface area contributed by atoms with Crippen molar-refractivity contribution in [3.63, 3.8) is 0 Å². The van der Waals surface area contributed by atoms with E-state index in [-0.39, 0.29) is 12.8 Å². The minimum atomic E-state index is -1.66. The van der Waals surface area contributed by atoms with Gasteiger partial charge < -0.3 is 4.74 Å². The molecule has 0 amide bonds. The summed E-state index contributed by atoms with van der Waals surface area (Å²) in [6, 6.07) is 0. The molecule has 1 atom stereocenters. The van der Waals surface area contributed by atoms with E-state index in [4.69, 9.17) is 0 Å². The maximum absolute atomic E-state index is 13.1. The van der Waals surface area contributed by atoms with Gasteiger partial charge in [0.2, 0.25) is 0 Å². The zero-order valence-electron chi connectivity index (χ0n) is 10.1. The summed E-state index contributed by atoms with van der Waals surface area (Å²) in [5.74, 6) is -1.65. The molecule has 0 aromatic heterocycles. The highest BCUT2D eigenvalue weighted by atomic mass is 19.1. The second-order valence-electron chi connectivity index (χ2n) is 3.86. The van der Waals surface area contributed by atoms with Crippen LogP contribution in [0.3, 0.4) is 0 Å². The van der Waals surface area contributed by atoms with Crippen molar-refractivity contribution in [2.75, 3.05) is 0 Å². The van der Waals surface area contributed by atoms with E-state index >= 15 is 0 Å². The molecule has 0 aliphatic rings. The summed E-state index contributed by atoms with van der Waals surface area (Å²) < 4.78 is 17.5. The number of halogens is 1. The molecule has 0 fully saturated rings. The van der Waals surface area contributed by atoms with E-state index in [0.717, 1.165) is 19.3 Å². The van der Waals surface area contributed by atoms with Crippen molar-refractivity contribution in [1.82, 2.24) is 0 Å². The molecule has 0 saturated heterocycles. The number of hydrogen-bond acceptors (Lipinski definition) is 3. The SMILES string of the molecule is CCCCCC(=O)OC(=O)C(F)CCCC. The maximum Gasteiger partial charge on any atom is 0.348 e. The summed E-state index contributed by atoms with van der Waals surface area (Å²) in [5, 5.41) is 0. The molecule has 94 valence electrons. The molecule has 4 heteroatoms. The van der Waals surface area contributed by atoms with Gasteiger partial charge in [0.15, 0.2) is 6.17 Å². The summed E-state index contributed by atoms with van der Waals surface area (Å²) >= 11 is 0. The fourth-order valence-corrected chi connectivity index (χ4v) is 1.25. The molecule has 3 nitrogen and oxygen atoms in total. The van der Waals surface area contributed by atoms with Gasteiger partial charge in [-0.15, -0.1) is 0 Å². The largest absolute Gasteiger partial charge is 0.391 e. The zero-order valence-corrected chi connectivity index (χ0v) is 10.1. The molecular formula is C12H21FO3. The maximum atomic E-state index is 13.1. The van der Waals surface area contributed by atoms with Crippen molar-refractivity contribution < 1.29 is 18.7 Å². The molecule has 0 rings (SSSR count). The predicted octanol–water partition coefficient (Wildman–Crippen LogP) is 3.16. The first-order valence-electron chi connectivity index (χ1n) is 6.00. The number of carbonyl (C=O) groups is 2. The van der Waals surface area contributed by atoms with Crippen molar-refractivity contribution in [2.24, 2.45) is 0 Å². The van der Waals surface area contributed by atoms with Crippen LogP contribution in [0.2, 0.25) is 0 Å². The highest BCUT2D eigenvalue weighted by Gasteiger charge is 2.20. The number of hydrogen-bond donors (Lipinski definition) is 0. The van der Waals surface area contributed by atoms with Crippen LogP contribution in [-0.4, -0.2) is 18.1 Å². The number of esters is 2. The van der Waals surface area contributed by atoms with Crippen LogP contribution in [0.15, 0.2) is 0 Å². The fraction of sp³-hybridized carbons (Fsp3) is 0.833. The summed E-state index contributed by atoms with van der Waals surface area (Å²) in [6.45, 7) is 3.92. The van der Waals surface area contributed by atoms with E-state index in [9.17, 15) is 14.0 Å². The van der Waals surface area contributed by atoms with Crippen molar-refractivity contribution >= 4 is 11.9 Å². The molecule has 0 aliphatic heterocycles. The van der Waals surface area contributed by atoms with Gasteiger partial charge in [-0.25, -0.2) is 9.18 Å². The lowest BCUT2D eigenvalue weighted by Gasteiger charge is -2.06. The Hall–Kier alpha value is -0.930. The highest BCUT2D eigenvalue weighted by molar-refractivity contribution is 5.87. The Labute approximate surface area is 96.4 Å². The molecule has 0 aromatic rings. The summed E-state index contributed by atoms with van der Waals surface area (Å²) in [7, 11) is 0. The van der Waals surface area contributed by atoms with Gasteiger partial charge in [0, 0.05) is 6.42 Å². The van der Waals surface area contributed by atoms with Crippen LogP contribution in [0, 0.1) is 0 Å². The van der Waals surface area contributed by atoms with E-state index in [1.54, 1.807) is 0 Å². The normalized spacial score (nSPS) is 12.2. The van der Waals surface area contributed by atoms with Gasteiger partial charge in [-0.2, -0.15) is 0 Å². The quantitative estimate of drug-likeness (QED) is 0.367. The van der Waals surface area contributed by atoms with Gasteiger partial charge in [0.1, 0.15) is 0 Å². The van der Waals surface area contributed by atoms with Crippen LogP contribution < -0.4 is 0 Å². The first-order valence-corrected chi connectivity index (χ1v) is 6.00. The van der Waals surface area contributed by atoms with Crippen LogP contribution in [0.5, 0.6) is 0 Å². The molecule has 0 radical (unpaired) electrons. The molecule has 0 bridgehead atoms. The minimum absolute atomic E-state index is 0.136. The van der Waals surface area contributed by atoms with Crippen LogP contribution in [0.4, 0.5) is 4.39 Å². The Kier molecular flexibility index (Phi) is 8.77. The predicted molar refractivity (Wildman–Crippen MR) is 59.7 cm³/mol. The third kappa shape index (κ3) is 7.37. The third-order valence-corrected chi connectivity index (χ3v) is 2.27. The Balaban J connectivity index is 3.72. The second-order valence-corrected chi connectivity index (χ2v) is 3.86. The second kappa shape index (κ2) is 9.31. The molecule has 0 heterocycles. The van der Waals surface area contributed by atoms with Crippen molar-refractivity contribution in [3.05, 3.63) is 0 Å². The van der Waals surface area contributed by atoms with Crippen LogP contribution in [-0.2, 0) is 14.3 Å². The Morgan fingerprint density at radius 2 is 1.75 bits per heavy atom. The molecule has 1 unspecified atom stereocenters. The molecule has 0 N–H and O–H groups in total. The average Bonchev–Trinajstić information content (AvgIpc) is 2.26. The van der Waals surface area contributed by atoms with Crippen LogP contribution in [0.25, 0.3) is 0 Å². The lowest BCUT2D eigenvalue weighted by molar-refractivity contribution is -0.163. The van der Waals surface area contributed by atoms with E-state index in [1.165, 1.54) is 0 Å². The molecule has 0 saturated carbocycles. The first-order chi connectivity index (χ1) is 7.61. The smallest absolute Gasteiger partial charge is 0.348 e.